The van der Waals surface area contributed by atoms with Crippen molar-refractivity contribution in [3.05, 3.63) is 29.8 Å². The molecule has 1 aromatic heterocycles. The lowest BCUT2D eigenvalue weighted by atomic mass is 10.2. The monoisotopic (exact) mass is 208 g/mol. The van der Waals surface area contributed by atoms with Crippen molar-refractivity contribution < 1.29 is 9.18 Å². The number of carbonyl (C=O) groups is 1. The summed E-state index contributed by atoms with van der Waals surface area (Å²) in [4.78, 5) is 15.0. The molecule has 15 heavy (non-hydrogen) atoms. The van der Waals surface area contributed by atoms with Crippen LogP contribution in [0.25, 0.3) is 0 Å². The second-order valence-corrected chi connectivity index (χ2v) is 4.27. The third-order valence-corrected chi connectivity index (χ3v) is 2.59. The van der Waals surface area contributed by atoms with Crippen molar-refractivity contribution in [1.82, 2.24) is 10.3 Å². The number of hydrogen-bond acceptors (Lipinski definition) is 2. The van der Waals surface area contributed by atoms with Crippen LogP contribution in [0.4, 0.5) is 4.39 Å². The quantitative estimate of drug-likeness (QED) is 0.763. The van der Waals surface area contributed by atoms with Crippen molar-refractivity contribution in [1.29, 1.82) is 0 Å². The Bertz CT molecular complexity index is 371. The lowest BCUT2D eigenvalue weighted by molar-refractivity contribution is -0.121. The molecule has 0 atom stereocenters. The fourth-order valence-corrected chi connectivity index (χ4v) is 1.39. The standard InChI is InChI=1S/C11H13FN2O/c1-11(4-5-11)14-10(15)6-8-2-3-9(12)13-7-8/h2-3,7H,4-6H2,1H3,(H,14,15). The minimum Gasteiger partial charge on any atom is -0.351 e. The van der Waals surface area contributed by atoms with Crippen LogP contribution in [-0.2, 0) is 11.2 Å². The Morgan fingerprint density at radius 2 is 2.33 bits per heavy atom. The molecule has 1 aliphatic carbocycles. The normalized spacial score (nSPS) is 17.2. The maximum absolute atomic E-state index is 12.5. The molecule has 1 aromatic rings. The zero-order valence-corrected chi connectivity index (χ0v) is 8.59. The SMILES string of the molecule is CC1(NC(=O)Cc2ccc(F)nc2)CC1. The summed E-state index contributed by atoms with van der Waals surface area (Å²) in [5.41, 5.74) is 0.739. The third-order valence-electron chi connectivity index (χ3n) is 2.59. The number of nitrogens with one attached hydrogen (secondary N) is 1. The van der Waals surface area contributed by atoms with Gasteiger partial charge in [0.1, 0.15) is 0 Å². The van der Waals surface area contributed by atoms with E-state index in [0.717, 1.165) is 18.4 Å². The van der Waals surface area contributed by atoms with Crippen molar-refractivity contribution in [3.8, 4) is 0 Å². The molecule has 0 saturated heterocycles. The molecule has 0 aliphatic heterocycles. The molecule has 0 spiro atoms. The van der Waals surface area contributed by atoms with E-state index in [9.17, 15) is 9.18 Å². The second-order valence-electron chi connectivity index (χ2n) is 4.27. The van der Waals surface area contributed by atoms with Crippen LogP contribution >= 0.6 is 0 Å². The molecular weight excluding hydrogens is 195 g/mol. The van der Waals surface area contributed by atoms with Crippen LogP contribution in [0.5, 0.6) is 0 Å². The summed E-state index contributed by atoms with van der Waals surface area (Å²) in [7, 11) is 0. The van der Waals surface area contributed by atoms with E-state index in [0.29, 0.717) is 0 Å². The summed E-state index contributed by atoms with van der Waals surface area (Å²) < 4.78 is 12.5. The Kier molecular flexibility index (Phi) is 2.42. The van der Waals surface area contributed by atoms with E-state index >= 15 is 0 Å². The first-order chi connectivity index (χ1) is 7.07. The van der Waals surface area contributed by atoms with E-state index in [1.54, 1.807) is 6.07 Å². The van der Waals surface area contributed by atoms with Gasteiger partial charge in [-0.25, -0.2) is 4.98 Å². The van der Waals surface area contributed by atoms with E-state index in [-0.39, 0.29) is 17.9 Å². The van der Waals surface area contributed by atoms with Gasteiger partial charge >= 0.3 is 0 Å². The number of carbonyl (C=O) groups excluding carboxylic acids is 1. The Balaban J connectivity index is 1.91. The summed E-state index contributed by atoms with van der Waals surface area (Å²) in [6, 6.07) is 2.85. The minimum absolute atomic E-state index is 0.00451. The highest BCUT2D eigenvalue weighted by Crippen LogP contribution is 2.34. The topological polar surface area (TPSA) is 42.0 Å². The Morgan fingerprint density at radius 1 is 1.60 bits per heavy atom. The number of rotatable bonds is 3. The van der Waals surface area contributed by atoms with Crippen LogP contribution in [0.15, 0.2) is 18.3 Å². The predicted octanol–water partition coefficient (Wildman–Crippen LogP) is 1.43. The zero-order valence-electron chi connectivity index (χ0n) is 8.59. The third kappa shape index (κ3) is 2.75. The fourth-order valence-electron chi connectivity index (χ4n) is 1.39. The molecule has 1 amide bonds. The van der Waals surface area contributed by atoms with E-state index in [2.05, 4.69) is 10.3 Å². The fraction of sp³-hybridized carbons (Fsp3) is 0.455. The smallest absolute Gasteiger partial charge is 0.224 e. The van der Waals surface area contributed by atoms with Crippen LogP contribution in [0.3, 0.4) is 0 Å². The highest BCUT2D eigenvalue weighted by molar-refractivity contribution is 5.79. The van der Waals surface area contributed by atoms with Crippen molar-refractivity contribution in [2.75, 3.05) is 0 Å². The lowest BCUT2D eigenvalue weighted by Gasteiger charge is -2.10. The van der Waals surface area contributed by atoms with Gasteiger partial charge in [-0.1, -0.05) is 6.07 Å². The van der Waals surface area contributed by atoms with Crippen molar-refractivity contribution in [3.63, 3.8) is 0 Å². The molecule has 0 radical (unpaired) electrons. The van der Waals surface area contributed by atoms with Gasteiger partial charge in [0, 0.05) is 11.7 Å². The Morgan fingerprint density at radius 3 is 2.87 bits per heavy atom. The average Bonchev–Trinajstić information content (AvgIpc) is 2.87. The molecular formula is C11H13FN2O. The summed E-state index contributed by atoms with van der Waals surface area (Å²) >= 11 is 0. The van der Waals surface area contributed by atoms with Crippen LogP contribution in [0, 0.1) is 5.95 Å². The molecule has 2 rings (SSSR count). The number of nitrogens with zero attached hydrogens (tertiary/aromatic N) is 1. The average molecular weight is 208 g/mol. The summed E-state index contributed by atoms with van der Waals surface area (Å²) in [5, 5.41) is 2.93. The van der Waals surface area contributed by atoms with Crippen LogP contribution < -0.4 is 5.32 Å². The van der Waals surface area contributed by atoms with Crippen LogP contribution in [0.2, 0.25) is 0 Å². The van der Waals surface area contributed by atoms with E-state index in [1.165, 1.54) is 12.3 Å². The number of halogens is 1. The zero-order chi connectivity index (χ0) is 10.9. The number of amides is 1. The Hall–Kier alpha value is -1.45. The molecule has 3 nitrogen and oxygen atoms in total. The molecule has 1 aliphatic rings. The van der Waals surface area contributed by atoms with E-state index in [4.69, 9.17) is 0 Å². The summed E-state index contributed by atoms with van der Waals surface area (Å²) in [6.45, 7) is 2.02. The number of aromatic nitrogens is 1. The molecule has 0 bridgehead atoms. The predicted molar refractivity (Wildman–Crippen MR) is 53.7 cm³/mol. The summed E-state index contributed by atoms with van der Waals surface area (Å²) in [6.07, 6.45) is 3.74. The van der Waals surface area contributed by atoms with Gasteiger partial charge in [-0.05, 0) is 31.4 Å². The van der Waals surface area contributed by atoms with Gasteiger partial charge in [-0.2, -0.15) is 4.39 Å². The first-order valence-electron chi connectivity index (χ1n) is 4.99. The van der Waals surface area contributed by atoms with Gasteiger partial charge in [0.05, 0.1) is 6.42 Å². The van der Waals surface area contributed by atoms with Gasteiger partial charge in [0.15, 0.2) is 0 Å². The van der Waals surface area contributed by atoms with E-state index in [1.807, 2.05) is 6.92 Å². The molecule has 1 heterocycles. The van der Waals surface area contributed by atoms with Gasteiger partial charge in [0.25, 0.3) is 0 Å². The molecule has 4 heteroatoms. The maximum Gasteiger partial charge on any atom is 0.224 e. The second kappa shape index (κ2) is 3.61. The molecule has 1 N–H and O–H groups in total. The van der Waals surface area contributed by atoms with Gasteiger partial charge in [-0.3, -0.25) is 4.79 Å². The van der Waals surface area contributed by atoms with Crippen LogP contribution in [0.1, 0.15) is 25.3 Å². The molecule has 0 unspecified atom stereocenters. The van der Waals surface area contributed by atoms with Gasteiger partial charge in [0.2, 0.25) is 11.9 Å². The molecule has 80 valence electrons. The van der Waals surface area contributed by atoms with Crippen molar-refractivity contribution in [2.24, 2.45) is 0 Å². The van der Waals surface area contributed by atoms with Crippen molar-refractivity contribution in [2.45, 2.75) is 31.7 Å². The highest BCUT2D eigenvalue weighted by atomic mass is 19.1. The van der Waals surface area contributed by atoms with Gasteiger partial charge in [-0.15, -0.1) is 0 Å². The summed E-state index contributed by atoms with van der Waals surface area (Å²) in [5.74, 6) is -0.545. The molecule has 1 fully saturated rings. The number of pyridine rings is 1. The lowest BCUT2D eigenvalue weighted by Crippen LogP contribution is -2.35. The molecule has 1 saturated carbocycles. The van der Waals surface area contributed by atoms with E-state index < -0.39 is 5.95 Å². The molecule has 0 aromatic carbocycles. The maximum atomic E-state index is 12.5. The first-order valence-corrected chi connectivity index (χ1v) is 4.99. The Labute approximate surface area is 87.7 Å². The minimum atomic E-state index is -0.520. The largest absolute Gasteiger partial charge is 0.351 e. The van der Waals surface area contributed by atoms with Crippen LogP contribution in [-0.4, -0.2) is 16.4 Å². The van der Waals surface area contributed by atoms with Gasteiger partial charge < -0.3 is 5.32 Å². The number of hydrogen-bond donors (Lipinski definition) is 1. The first kappa shape index (κ1) is 10.1. The van der Waals surface area contributed by atoms with Crippen molar-refractivity contribution >= 4 is 5.91 Å². The highest BCUT2D eigenvalue weighted by Gasteiger charge is 2.38.